The van der Waals surface area contributed by atoms with Gasteiger partial charge in [-0.2, -0.15) is 0 Å². The molecule has 0 bridgehead atoms. The van der Waals surface area contributed by atoms with Crippen LogP contribution in [0.15, 0.2) is 30.5 Å². The summed E-state index contributed by atoms with van der Waals surface area (Å²) in [4.78, 5) is 16.6. The topological polar surface area (TPSA) is 80.0 Å². The summed E-state index contributed by atoms with van der Waals surface area (Å²) in [5.74, 6) is 5.57. The summed E-state index contributed by atoms with van der Waals surface area (Å²) in [5, 5.41) is 6.30. The summed E-state index contributed by atoms with van der Waals surface area (Å²) in [7, 11) is 0. The van der Waals surface area contributed by atoms with Crippen LogP contribution in [0.25, 0.3) is 0 Å². The second kappa shape index (κ2) is 6.91. The normalized spacial score (nSPS) is 9.50. The minimum Gasteiger partial charge on any atom is -0.320 e. The van der Waals surface area contributed by atoms with Crippen LogP contribution in [0.5, 0.6) is 0 Å². The van der Waals surface area contributed by atoms with Crippen molar-refractivity contribution in [2.45, 2.75) is 0 Å². The number of thiazole rings is 1. The van der Waals surface area contributed by atoms with Crippen LogP contribution in [-0.4, -0.2) is 17.6 Å². The fourth-order valence-electron chi connectivity index (χ4n) is 1.35. The van der Waals surface area contributed by atoms with Gasteiger partial charge in [-0.25, -0.2) is 9.78 Å². The smallest absolute Gasteiger partial charge is 0.320 e. The Morgan fingerprint density at radius 3 is 3.05 bits per heavy atom. The summed E-state index contributed by atoms with van der Waals surface area (Å²) in [6.45, 7) is 0.288. The molecule has 0 aliphatic rings. The van der Waals surface area contributed by atoms with E-state index < -0.39 is 0 Å². The maximum absolute atomic E-state index is 11.8. The van der Waals surface area contributed by atoms with Gasteiger partial charge < -0.3 is 11.1 Å². The number of hydrogen-bond acceptors (Lipinski definition) is 4. The van der Waals surface area contributed by atoms with E-state index in [2.05, 4.69) is 27.5 Å². The molecule has 0 saturated heterocycles. The van der Waals surface area contributed by atoms with Gasteiger partial charge in [0.15, 0.2) is 5.13 Å². The van der Waals surface area contributed by atoms with Gasteiger partial charge in [-0.3, -0.25) is 5.32 Å². The standard InChI is InChI=1S/C13H11ClN4OS/c14-9-3-1-4-10(7-9)17-12(19)18-13-16-8-11(20-13)5-2-6-15/h1,3-4,7-8H,6,15H2,(H2,16,17,18,19). The van der Waals surface area contributed by atoms with Gasteiger partial charge >= 0.3 is 6.03 Å². The van der Waals surface area contributed by atoms with E-state index in [1.807, 2.05) is 0 Å². The molecule has 0 spiro atoms. The summed E-state index contributed by atoms with van der Waals surface area (Å²) < 4.78 is 0. The number of carbonyl (C=O) groups is 1. The number of benzene rings is 1. The molecule has 20 heavy (non-hydrogen) atoms. The highest BCUT2D eigenvalue weighted by Gasteiger charge is 2.06. The molecule has 1 aromatic carbocycles. The highest BCUT2D eigenvalue weighted by Crippen LogP contribution is 2.18. The third kappa shape index (κ3) is 4.24. The van der Waals surface area contributed by atoms with Crippen LogP contribution >= 0.6 is 22.9 Å². The predicted molar refractivity (Wildman–Crippen MR) is 82.1 cm³/mol. The molecule has 0 aliphatic heterocycles. The van der Waals surface area contributed by atoms with Gasteiger partial charge in [0.05, 0.1) is 17.6 Å². The first-order valence-electron chi connectivity index (χ1n) is 5.66. The lowest BCUT2D eigenvalue weighted by molar-refractivity contribution is 0.262. The van der Waals surface area contributed by atoms with Crippen molar-refractivity contribution in [1.82, 2.24) is 4.98 Å². The molecule has 0 unspecified atom stereocenters. The summed E-state index contributed by atoms with van der Waals surface area (Å²) in [6, 6.07) is 6.49. The fourth-order valence-corrected chi connectivity index (χ4v) is 2.23. The number of amides is 2. The Bertz CT molecular complexity index is 674. The highest BCUT2D eigenvalue weighted by atomic mass is 35.5. The molecule has 0 radical (unpaired) electrons. The lowest BCUT2D eigenvalue weighted by Gasteiger charge is -2.05. The summed E-state index contributed by atoms with van der Waals surface area (Å²) in [6.07, 6.45) is 1.59. The molecule has 2 rings (SSSR count). The Morgan fingerprint density at radius 2 is 2.30 bits per heavy atom. The van der Waals surface area contributed by atoms with Crippen molar-refractivity contribution in [2.75, 3.05) is 17.2 Å². The van der Waals surface area contributed by atoms with Gasteiger partial charge in [0.2, 0.25) is 0 Å². The van der Waals surface area contributed by atoms with Gasteiger partial charge in [0.1, 0.15) is 0 Å². The Balaban J connectivity index is 1.96. The van der Waals surface area contributed by atoms with Crippen molar-refractivity contribution in [2.24, 2.45) is 5.73 Å². The maximum Gasteiger partial charge on any atom is 0.325 e. The molecule has 5 nitrogen and oxygen atoms in total. The fraction of sp³-hybridized carbons (Fsp3) is 0.0769. The highest BCUT2D eigenvalue weighted by molar-refractivity contribution is 7.16. The second-order valence-corrected chi connectivity index (χ2v) is 5.09. The molecule has 102 valence electrons. The molecule has 0 fully saturated rings. The quantitative estimate of drug-likeness (QED) is 0.746. The van der Waals surface area contributed by atoms with E-state index in [9.17, 15) is 4.79 Å². The molecule has 0 saturated carbocycles. The van der Waals surface area contributed by atoms with E-state index in [0.717, 1.165) is 4.88 Å². The second-order valence-electron chi connectivity index (χ2n) is 3.63. The van der Waals surface area contributed by atoms with E-state index in [1.54, 1.807) is 30.5 Å². The number of aromatic nitrogens is 1. The van der Waals surface area contributed by atoms with Crippen molar-refractivity contribution >= 4 is 39.8 Å². The van der Waals surface area contributed by atoms with Gasteiger partial charge in [0, 0.05) is 10.7 Å². The number of nitrogens with zero attached hydrogens (tertiary/aromatic N) is 1. The van der Waals surface area contributed by atoms with Crippen LogP contribution in [0.3, 0.4) is 0 Å². The molecule has 4 N–H and O–H groups in total. The maximum atomic E-state index is 11.8. The molecule has 1 heterocycles. The molecule has 2 amide bonds. The molecule has 0 aliphatic carbocycles. The van der Waals surface area contributed by atoms with Crippen molar-refractivity contribution < 1.29 is 4.79 Å². The van der Waals surface area contributed by atoms with E-state index in [0.29, 0.717) is 15.8 Å². The Hall–Kier alpha value is -2.07. The molecule has 0 atom stereocenters. The third-order valence-corrected chi connectivity index (χ3v) is 3.19. The van der Waals surface area contributed by atoms with Crippen LogP contribution in [0.1, 0.15) is 4.88 Å². The van der Waals surface area contributed by atoms with Gasteiger partial charge in [-0.05, 0) is 18.2 Å². The zero-order valence-electron chi connectivity index (χ0n) is 10.3. The zero-order chi connectivity index (χ0) is 14.4. The molecular formula is C13H11ClN4OS. The van der Waals surface area contributed by atoms with Gasteiger partial charge in [-0.15, -0.1) is 0 Å². The van der Waals surface area contributed by atoms with Crippen LogP contribution in [0.4, 0.5) is 15.6 Å². The Labute approximate surface area is 125 Å². The first-order valence-corrected chi connectivity index (χ1v) is 6.85. The summed E-state index contributed by atoms with van der Waals surface area (Å²) in [5.41, 5.74) is 5.89. The third-order valence-electron chi connectivity index (χ3n) is 2.12. The molecular weight excluding hydrogens is 296 g/mol. The van der Waals surface area contributed by atoms with Crippen LogP contribution < -0.4 is 16.4 Å². The number of halogens is 1. The minimum absolute atomic E-state index is 0.288. The Kier molecular flexibility index (Phi) is 4.96. The van der Waals surface area contributed by atoms with Crippen molar-refractivity contribution in [3.63, 3.8) is 0 Å². The minimum atomic E-state index is -0.389. The van der Waals surface area contributed by atoms with Crippen LogP contribution in [-0.2, 0) is 0 Å². The van der Waals surface area contributed by atoms with E-state index >= 15 is 0 Å². The average molecular weight is 307 g/mol. The average Bonchev–Trinajstić information content (AvgIpc) is 2.83. The van der Waals surface area contributed by atoms with Gasteiger partial charge in [-0.1, -0.05) is 40.8 Å². The first-order chi connectivity index (χ1) is 9.67. The first kappa shape index (κ1) is 14.3. The number of urea groups is 1. The van der Waals surface area contributed by atoms with Crippen molar-refractivity contribution in [3.8, 4) is 11.8 Å². The number of hydrogen-bond donors (Lipinski definition) is 3. The Morgan fingerprint density at radius 1 is 1.45 bits per heavy atom. The van der Waals surface area contributed by atoms with E-state index in [1.165, 1.54) is 11.3 Å². The predicted octanol–water partition coefficient (Wildman–Crippen LogP) is 2.75. The monoisotopic (exact) mass is 306 g/mol. The number of rotatable bonds is 2. The lowest BCUT2D eigenvalue weighted by Crippen LogP contribution is -2.19. The van der Waals surface area contributed by atoms with Crippen molar-refractivity contribution in [1.29, 1.82) is 0 Å². The van der Waals surface area contributed by atoms with E-state index in [-0.39, 0.29) is 12.6 Å². The number of nitrogens with two attached hydrogens (primary N) is 1. The number of anilines is 2. The van der Waals surface area contributed by atoms with Gasteiger partial charge in [0.25, 0.3) is 0 Å². The zero-order valence-corrected chi connectivity index (χ0v) is 11.9. The lowest BCUT2D eigenvalue weighted by atomic mass is 10.3. The largest absolute Gasteiger partial charge is 0.325 e. The van der Waals surface area contributed by atoms with Crippen molar-refractivity contribution in [3.05, 3.63) is 40.4 Å². The number of carbonyl (C=O) groups excluding carboxylic acids is 1. The SMILES string of the molecule is NCC#Cc1cnc(NC(=O)Nc2cccc(Cl)c2)s1. The molecule has 1 aromatic heterocycles. The van der Waals surface area contributed by atoms with Crippen LogP contribution in [0, 0.1) is 11.8 Å². The summed E-state index contributed by atoms with van der Waals surface area (Å²) >= 11 is 7.11. The number of nitrogens with one attached hydrogen (secondary N) is 2. The molecule has 7 heteroatoms. The molecule has 2 aromatic rings. The van der Waals surface area contributed by atoms with Crippen LogP contribution in [0.2, 0.25) is 5.02 Å². The van der Waals surface area contributed by atoms with E-state index in [4.69, 9.17) is 17.3 Å².